The molecule has 8 nitrogen and oxygen atoms in total. The molecule has 3 aromatic rings. The number of anilines is 2. The van der Waals surface area contributed by atoms with Crippen molar-refractivity contribution in [3.05, 3.63) is 60.4 Å². The van der Waals surface area contributed by atoms with Gasteiger partial charge in [-0.3, -0.25) is 4.79 Å². The number of hydrogen-bond donors (Lipinski definition) is 2. The van der Waals surface area contributed by atoms with E-state index in [0.29, 0.717) is 17.4 Å². The van der Waals surface area contributed by atoms with E-state index in [0.717, 1.165) is 11.3 Å². The number of carbonyl (C=O) groups excluding carboxylic acids is 1. The highest BCUT2D eigenvalue weighted by Crippen LogP contribution is 2.41. The summed E-state index contributed by atoms with van der Waals surface area (Å²) in [4.78, 5) is 17.7. The molecule has 1 aliphatic heterocycles. The molecule has 0 bridgehead atoms. The molecule has 0 saturated carbocycles. The summed E-state index contributed by atoms with van der Waals surface area (Å²) in [5.74, 6) is 1.36. The standard InChI is InChI=1S/C21H23N5O3/c1-13-18(20(27)25-14-7-5-4-6-8-14)19(26-21(24-13)22-12-23-26)16-11-15(28-2)9-10-17(16)29-3/h4-13,18-19H,1-3H3,(H,25,27)(H,22,23,24). The number of carbonyl (C=O) groups is 1. The van der Waals surface area contributed by atoms with Crippen molar-refractivity contribution in [1.29, 1.82) is 0 Å². The molecule has 2 aromatic carbocycles. The number of amides is 1. The van der Waals surface area contributed by atoms with E-state index >= 15 is 0 Å². The summed E-state index contributed by atoms with van der Waals surface area (Å²) in [7, 11) is 3.22. The van der Waals surface area contributed by atoms with Crippen molar-refractivity contribution < 1.29 is 14.3 Å². The van der Waals surface area contributed by atoms with Gasteiger partial charge in [-0.1, -0.05) is 18.2 Å². The number of rotatable bonds is 5. The Kier molecular flexibility index (Phi) is 5.07. The molecule has 2 N–H and O–H groups in total. The van der Waals surface area contributed by atoms with Gasteiger partial charge in [0.25, 0.3) is 0 Å². The fourth-order valence-electron chi connectivity index (χ4n) is 3.79. The monoisotopic (exact) mass is 393 g/mol. The molecular weight excluding hydrogens is 370 g/mol. The first-order valence-corrected chi connectivity index (χ1v) is 9.36. The van der Waals surface area contributed by atoms with Crippen LogP contribution >= 0.6 is 0 Å². The predicted octanol–water partition coefficient (Wildman–Crippen LogP) is 2.95. The first-order chi connectivity index (χ1) is 14.1. The normalized spacial score (nSPS) is 20.3. The number of ether oxygens (including phenoxy) is 2. The Morgan fingerprint density at radius 1 is 1.14 bits per heavy atom. The van der Waals surface area contributed by atoms with Gasteiger partial charge in [-0.05, 0) is 37.3 Å². The zero-order chi connectivity index (χ0) is 20.4. The second-order valence-corrected chi connectivity index (χ2v) is 6.90. The number of benzene rings is 2. The molecule has 0 fully saturated rings. The van der Waals surface area contributed by atoms with Crippen molar-refractivity contribution in [2.75, 3.05) is 24.9 Å². The number of nitrogens with one attached hydrogen (secondary N) is 2. The largest absolute Gasteiger partial charge is 0.497 e. The molecular formula is C21H23N5O3. The summed E-state index contributed by atoms with van der Waals surface area (Å²) in [5, 5.41) is 10.7. The zero-order valence-electron chi connectivity index (χ0n) is 16.5. The van der Waals surface area contributed by atoms with Crippen molar-refractivity contribution >= 4 is 17.5 Å². The quantitative estimate of drug-likeness (QED) is 0.693. The molecule has 0 saturated heterocycles. The Hall–Kier alpha value is -3.55. The van der Waals surface area contributed by atoms with Gasteiger partial charge in [0, 0.05) is 17.3 Å². The van der Waals surface area contributed by atoms with E-state index in [1.54, 1.807) is 18.9 Å². The van der Waals surface area contributed by atoms with Crippen molar-refractivity contribution in [1.82, 2.24) is 14.8 Å². The Balaban J connectivity index is 1.80. The molecule has 0 aliphatic carbocycles. The van der Waals surface area contributed by atoms with E-state index in [1.165, 1.54) is 6.33 Å². The molecule has 1 aliphatic rings. The van der Waals surface area contributed by atoms with Crippen LogP contribution in [-0.4, -0.2) is 40.9 Å². The van der Waals surface area contributed by atoms with Crippen molar-refractivity contribution in [3.63, 3.8) is 0 Å². The second-order valence-electron chi connectivity index (χ2n) is 6.90. The average molecular weight is 393 g/mol. The van der Waals surface area contributed by atoms with E-state index in [9.17, 15) is 4.79 Å². The van der Waals surface area contributed by atoms with Gasteiger partial charge in [0.2, 0.25) is 11.9 Å². The number of hydrogen-bond acceptors (Lipinski definition) is 6. The molecule has 2 heterocycles. The summed E-state index contributed by atoms with van der Waals surface area (Å²) >= 11 is 0. The Bertz CT molecular complexity index is 1000. The summed E-state index contributed by atoms with van der Waals surface area (Å²) in [5.41, 5.74) is 1.55. The third kappa shape index (κ3) is 3.49. The van der Waals surface area contributed by atoms with Crippen molar-refractivity contribution in [3.8, 4) is 11.5 Å². The average Bonchev–Trinajstić information content (AvgIpc) is 3.20. The van der Waals surface area contributed by atoms with Crippen LogP contribution in [-0.2, 0) is 4.79 Å². The fourth-order valence-corrected chi connectivity index (χ4v) is 3.79. The van der Waals surface area contributed by atoms with Crippen molar-refractivity contribution in [2.45, 2.75) is 19.0 Å². The van der Waals surface area contributed by atoms with Gasteiger partial charge in [-0.25, -0.2) is 4.68 Å². The summed E-state index contributed by atoms with van der Waals surface area (Å²) < 4.78 is 12.7. The summed E-state index contributed by atoms with van der Waals surface area (Å²) in [6.07, 6.45) is 1.48. The van der Waals surface area contributed by atoms with Crippen LogP contribution < -0.4 is 20.1 Å². The highest BCUT2D eigenvalue weighted by Gasteiger charge is 2.42. The zero-order valence-corrected chi connectivity index (χ0v) is 16.5. The van der Waals surface area contributed by atoms with Crippen LogP contribution in [0.3, 0.4) is 0 Å². The van der Waals surface area contributed by atoms with Crippen molar-refractivity contribution in [2.24, 2.45) is 5.92 Å². The van der Waals surface area contributed by atoms with E-state index in [2.05, 4.69) is 20.7 Å². The maximum Gasteiger partial charge on any atom is 0.232 e. The van der Waals surface area contributed by atoms with Gasteiger partial charge >= 0.3 is 0 Å². The fraction of sp³-hybridized carbons (Fsp3) is 0.286. The van der Waals surface area contributed by atoms with E-state index in [1.807, 2.05) is 55.5 Å². The molecule has 3 unspecified atom stereocenters. The second kappa shape index (κ2) is 7.83. The van der Waals surface area contributed by atoms with E-state index in [-0.39, 0.29) is 11.9 Å². The minimum absolute atomic E-state index is 0.118. The topological polar surface area (TPSA) is 90.3 Å². The lowest BCUT2D eigenvalue weighted by Crippen LogP contribution is -2.46. The molecule has 8 heteroatoms. The summed E-state index contributed by atoms with van der Waals surface area (Å²) in [6, 6.07) is 14.3. The highest BCUT2D eigenvalue weighted by atomic mass is 16.5. The third-order valence-electron chi connectivity index (χ3n) is 5.17. The molecule has 29 heavy (non-hydrogen) atoms. The van der Waals surface area contributed by atoms with Crippen LogP contribution in [0.1, 0.15) is 18.5 Å². The molecule has 0 spiro atoms. The van der Waals surface area contributed by atoms with E-state index < -0.39 is 12.0 Å². The van der Waals surface area contributed by atoms with Gasteiger partial charge < -0.3 is 20.1 Å². The Morgan fingerprint density at radius 2 is 1.93 bits per heavy atom. The highest BCUT2D eigenvalue weighted by molar-refractivity contribution is 5.94. The Morgan fingerprint density at radius 3 is 2.66 bits per heavy atom. The van der Waals surface area contributed by atoms with Gasteiger partial charge in [-0.2, -0.15) is 10.1 Å². The van der Waals surface area contributed by atoms with Crippen LogP contribution in [0.25, 0.3) is 0 Å². The smallest absolute Gasteiger partial charge is 0.232 e. The van der Waals surface area contributed by atoms with Gasteiger partial charge in [0.1, 0.15) is 17.8 Å². The first kappa shape index (κ1) is 18.8. The minimum Gasteiger partial charge on any atom is -0.497 e. The van der Waals surface area contributed by atoms with Crippen LogP contribution in [0.5, 0.6) is 11.5 Å². The Labute approximate surface area is 168 Å². The van der Waals surface area contributed by atoms with Crippen LogP contribution in [0.2, 0.25) is 0 Å². The molecule has 0 radical (unpaired) electrons. The van der Waals surface area contributed by atoms with E-state index in [4.69, 9.17) is 9.47 Å². The maximum atomic E-state index is 13.4. The number of methoxy groups -OCH3 is 2. The first-order valence-electron chi connectivity index (χ1n) is 9.36. The van der Waals surface area contributed by atoms with Crippen LogP contribution in [0, 0.1) is 5.92 Å². The lowest BCUT2D eigenvalue weighted by Gasteiger charge is -2.37. The lowest BCUT2D eigenvalue weighted by atomic mass is 9.85. The molecule has 150 valence electrons. The number of para-hydroxylation sites is 1. The van der Waals surface area contributed by atoms with Crippen LogP contribution in [0.4, 0.5) is 11.6 Å². The van der Waals surface area contributed by atoms with Gasteiger partial charge in [0.15, 0.2) is 0 Å². The number of nitrogens with zero attached hydrogens (tertiary/aromatic N) is 3. The maximum absolute atomic E-state index is 13.4. The third-order valence-corrected chi connectivity index (χ3v) is 5.17. The molecule has 1 aromatic heterocycles. The number of aromatic nitrogens is 3. The predicted molar refractivity (Wildman–Crippen MR) is 109 cm³/mol. The van der Waals surface area contributed by atoms with Gasteiger partial charge in [-0.15, -0.1) is 0 Å². The number of fused-ring (bicyclic) bond motifs is 1. The molecule has 3 atom stereocenters. The van der Waals surface area contributed by atoms with Crippen LogP contribution in [0.15, 0.2) is 54.9 Å². The summed E-state index contributed by atoms with van der Waals surface area (Å²) in [6.45, 7) is 1.97. The minimum atomic E-state index is -0.467. The van der Waals surface area contributed by atoms with Gasteiger partial charge in [0.05, 0.1) is 26.2 Å². The lowest BCUT2D eigenvalue weighted by molar-refractivity contribution is -0.121. The molecule has 1 amide bonds. The molecule has 4 rings (SSSR count). The SMILES string of the molecule is COc1ccc(OC)c(C2C(C(=O)Nc3ccccc3)C(C)Nc3ncnn32)c1.